The first-order valence-corrected chi connectivity index (χ1v) is 22.2. The number of carbonyl (C=O) groups excluding carboxylic acids is 2. The molecule has 7 rings (SSSR count). The van der Waals surface area contributed by atoms with E-state index in [1.807, 2.05) is 49.1 Å². The second-order valence-electron chi connectivity index (χ2n) is 20.6. The van der Waals surface area contributed by atoms with Gasteiger partial charge in [-0.3, -0.25) is 9.98 Å². The Labute approximate surface area is 356 Å². The van der Waals surface area contributed by atoms with Gasteiger partial charge < -0.3 is 31.2 Å². The minimum Gasteiger partial charge on any atom is -0.847 e. The highest BCUT2D eigenvalue weighted by atomic mass is 16.5. The first kappa shape index (κ1) is 43.6. The molecule has 5 saturated carbocycles. The van der Waals surface area contributed by atoms with Crippen LogP contribution in [0.25, 0.3) is 0 Å². The van der Waals surface area contributed by atoms with Crippen molar-refractivity contribution in [3.05, 3.63) is 72.3 Å². The Balaban J connectivity index is 1.05. The van der Waals surface area contributed by atoms with Gasteiger partial charge in [0.25, 0.3) is 0 Å². The van der Waals surface area contributed by atoms with Gasteiger partial charge in [0.2, 0.25) is 13.1 Å². The maximum Gasteiger partial charge on any atom is 0.372 e. The minimum absolute atomic E-state index is 0.0665. The number of allylic oxidation sites excluding steroid dienone is 1. The Bertz CT molecular complexity index is 2030. The molecule has 2 aromatic rings. The second kappa shape index (κ2) is 16.4. The summed E-state index contributed by atoms with van der Waals surface area (Å²) in [4.78, 5) is 34.5. The molecule has 0 aromatic carbocycles. The number of rotatable bonds is 12. The van der Waals surface area contributed by atoms with Crippen molar-refractivity contribution < 1.29 is 38.4 Å². The number of amidine groups is 2. The van der Waals surface area contributed by atoms with Crippen molar-refractivity contribution >= 4 is 24.0 Å². The van der Waals surface area contributed by atoms with Gasteiger partial charge in [0.05, 0.1) is 19.7 Å². The lowest BCUT2D eigenvalue weighted by atomic mass is 9.32. The number of fused-ring (bicyclic) bond motifs is 7. The number of esters is 2. The fourth-order valence-corrected chi connectivity index (χ4v) is 14.4. The lowest BCUT2D eigenvalue weighted by molar-refractivity contribution is -0.686. The van der Waals surface area contributed by atoms with E-state index in [9.17, 15) is 19.8 Å². The molecular formula is C48H68N6O6. The number of aromatic nitrogens is 2. The molecule has 0 radical (unpaired) electrons. The topological polar surface area (TPSA) is 183 Å². The molecule has 0 saturated heterocycles. The molecule has 5 unspecified atom stereocenters. The summed E-state index contributed by atoms with van der Waals surface area (Å²) in [5.41, 5.74) is 13.4. The molecule has 0 bridgehead atoms. The molecule has 5 fully saturated rings. The van der Waals surface area contributed by atoms with E-state index in [2.05, 4.69) is 58.1 Å². The molecule has 5 aliphatic rings. The monoisotopic (exact) mass is 825 g/mol. The quantitative estimate of drug-likeness (QED) is 0.104. The number of hydrogen-bond acceptors (Lipinski definition) is 8. The third kappa shape index (κ3) is 7.92. The van der Waals surface area contributed by atoms with E-state index in [-0.39, 0.29) is 71.3 Å². The van der Waals surface area contributed by atoms with Crippen LogP contribution in [-0.4, -0.2) is 36.7 Å². The Morgan fingerprint density at radius 2 is 1.40 bits per heavy atom. The van der Waals surface area contributed by atoms with Crippen LogP contribution in [0.2, 0.25) is 0 Å². The summed E-state index contributed by atoms with van der Waals surface area (Å²) in [6, 6.07) is 5.97. The molecule has 326 valence electrons. The lowest BCUT2D eigenvalue weighted by Crippen LogP contribution is -2.67. The van der Waals surface area contributed by atoms with Crippen LogP contribution in [0, 0.1) is 56.7 Å². The predicted molar refractivity (Wildman–Crippen MR) is 224 cm³/mol. The van der Waals surface area contributed by atoms with E-state index in [0.29, 0.717) is 36.2 Å². The van der Waals surface area contributed by atoms with E-state index >= 15 is 0 Å². The number of hydrogen-bond donors (Lipinski definition) is 2. The average molecular weight is 825 g/mol. The maximum atomic E-state index is 13.5. The second-order valence-corrected chi connectivity index (χ2v) is 20.6. The van der Waals surface area contributed by atoms with Gasteiger partial charge in [-0.15, -0.1) is 0 Å². The standard InChI is InChI=1S/C48H68N6O6/c1-31(2)34-14-19-48(30-59-39(55)28-53-22-8-10-32(26-53)24-51-42(49)57)21-20-46(6)35(41(34)48)12-13-37-45(5)17-16-38(44(3,4)36(45)15-18-47(37,46)7)60-40(56)29-54-23-9-11-33(27-54)25-52-43(50)58/h8-11,22-23,26-27,34-38,41H,1,12-21,24-25,28-30H2,2-7H3,(H4-2,49,50,51,52,57,58)/t34-,35?,36?,37?,38-,41?,45-,46+,47+,48?/m0/s1. The van der Waals surface area contributed by atoms with Crippen molar-refractivity contribution in [2.75, 3.05) is 6.61 Å². The van der Waals surface area contributed by atoms with Crippen molar-refractivity contribution in [3.8, 4) is 0 Å². The van der Waals surface area contributed by atoms with Crippen LogP contribution in [0.15, 0.2) is 71.2 Å². The van der Waals surface area contributed by atoms with Crippen molar-refractivity contribution in [2.45, 2.75) is 138 Å². The lowest BCUT2D eigenvalue weighted by Gasteiger charge is -2.73. The molecule has 0 aliphatic heterocycles. The summed E-state index contributed by atoms with van der Waals surface area (Å²) in [5.74, 6) is 1.82. The van der Waals surface area contributed by atoms with Crippen LogP contribution in [0.1, 0.15) is 117 Å². The van der Waals surface area contributed by atoms with Gasteiger partial charge in [0, 0.05) is 46.1 Å². The van der Waals surface area contributed by atoms with Gasteiger partial charge in [-0.05, 0) is 129 Å². The van der Waals surface area contributed by atoms with E-state index in [1.165, 1.54) is 18.4 Å². The van der Waals surface area contributed by atoms with Gasteiger partial charge in [-0.25, -0.2) is 9.59 Å². The number of ether oxygens (including phenoxy) is 2. The third-order valence-corrected chi connectivity index (χ3v) is 17.3. The van der Waals surface area contributed by atoms with Crippen LogP contribution in [-0.2, 0) is 45.2 Å². The molecule has 12 nitrogen and oxygen atoms in total. The number of nitrogens with zero attached hydrogens (tertiary/aromatic N) is 4. The van der Waals surface area contributed by atoms with Crippen molar-refractivity contribution in [1.29, 1.82) is 0 Å². The molecule has 2 aromatic heterocycles. The van der Waals surface area contributed by atoms with Crippen molar-refractivity contribution in [1.82, 2.24) is 0 Å². The number of pyridine rings is 2. The summed E-state index contributed by atoms with van der Waals surface area (Å²) in [6.07, 6.45) is 18.0. The van der Waals surface area contributed by atoms with E-state index in [0.717, 1.165) is 62.5 Å². The minimum atomic E-state index is -0.712. The average Bonchev–Trinajstić information content (AvgIpc) is 3.57. The van der Waals surface area contributed by atoms with Crippen LogP contribution in [0.5, 0.6) is 0 Å². The number of aliphatic imine (C=N–C) groups is 2. The van der Waals surface area contributed by atoms with Crippen LogP contribution >= 0.6 is 0 Å². The smallest absolute Gasteiger partial charge is 0.372 e. The highest BCUT2D eigenvalue weighted by Gasteiger charge is 2.71. The van der Waals surface area contributed by atoms with Crippen LogP contribution in [0.4, 0.5) is 0 Å². The van der Waals surface area contributed by atoms with Gasteiger partial charge in [-0.1, -0.05) is 46.8 Å². The van der Waals surface area contributed by atoms with Gasteiger partial charge in [-0.2, -0.15) is 9.13 Å². The molecular weight excluding hydrogens is 757 g/mol. The first-order chi connectivity index (χ1) is 28.3. The Hall–Kier alpha value is -4.48. The number of nitrogens with two attached hydrogens (primary N) is 2. The normalized spacial score (nSPS) is 35.9. The maximum absolute atomic E-state index is 13.5. The molecule has 4 N–H and O–H groups in total. The fourth-order valence-electron chi connectivity index (χ4n) is 14.4. The molecule has 0 spiro atoms. The zero-order chi connectivity index (χ0) is 43.3. The zero-order valence-electron chi connectivity index (χ0n) is 36.8. The summed E-state index contributed by atoms with van der Waals surface area (Å²) in [6.45, 7) is 20.2. The van der Waals surface area contributed by atoms with Crippen LogP contribution in [0.3, 0.4) is 0 Å². The summed E-state index contributed by atoms with van der Waals surface area (Å²) < 4.78 is 16.2. The molecule has 12 heteroatoms. The molecule has 2 heterocycles. The van der Waals surface area contributed by atoms with Crippen molar-refractivity contribution in [3.63, 3.8) is 0 Å². The zero-order valence-corrected chi connectivity index (χ0v) is 36.8. The van der Waals surface area contributed by atoms with Gasteiger partial charge >= 0.3 is 11.9 Å². The SMILES string of the molecule is C=C(C)[C@@H]1CCC2(COC(=O)C[n+]3cccc(CN=C(N)[O-])c3)CC[C@]3(C)C(CCC4[C@@]5(C)CC[C@H](OC(=O)C[n+]6cccc(CN=C(N)[O-])c6)C(C)(C)C5CC[C@]43C)C12. The van der Waals surface area contributed by atoms with E-state index in [4.69, 9.17) is 20.9 Å². The molecule has 0 amide bonds. The molecule has 10 atom stereocenters. The van der Waals surface area contributed by atoms with Crippen molar-refractivity contribution in [2.24, 2.45) is 78.1 Å². The molecule has 60 heavy (non-hydrogen) atoms. The Morgan fingerprint density at radius 3 is 2.00 bits per heavy atom. The number of carbonyl (C=O) groups is 2. The summed E-state index contributed by atoms with van der Waals surface area (Å²) in [7, 11) is 0. The van der Waals surface area contributed by atoms with Crippen LogP contribution < -0.4 is 30.8 Å². The Morgan fingerprint density at radius 1 is 0.783 bits per heavy atom. The molecule has 5 aliphatic carbocycles. The Kier molecular flexibility index (Phi) is 11.9. The van der Waals surface area contributed by atoms with E-state index < -0.39 is 12.0 Å². The predicted octanol–water partition coefficient (Wildman–Crippen LogP) is 4.42. The highest BCUT2D eigenvalue weighted by molar-refractivity contribution is 5.68. The third-order valence-electron chi connectivity index (χ3n) is 17.3. The summed E-state index contributed by atoms with van der Waals surface area (Å²) >= 11 is 0. The summed E-state index contributed by atoms with van der Waals surface area (Å²) in [5, 5.41) is 22.3. The largest absolute Gasteiger partial charge is 0.847 e. The van der Waals surface area contributed by atoms with Gasteiger partial charge in [0.1, 0.15) is 6.10 Å². The first-order valence-electron chi connectivity index (χ1n) is 22.2. The van der Waals surface area contributed by atoms with E-state index in [1.54, 1.807) is 9.13 Å². The highest BCUT2D eigenvalue weighted by Crippen LogP contribution is 2.77. The fraction of sp³-hybridized carbons (Fsp3) is 0.667. The van der Waals surface area contributed by atoms with Gasteiger partial charge in [0.15, 0.2) is 24.8 Å².